The highest BCUT2D eigenvalue weighted by atomic mass is 32.1. The predicted octanol–water partition coefficient (Wildman–Crippen LogP) is 4.57. The summed E-state index contributed by atoms with van der Waals surface area (Å²) in [6.45, 7) is 1.88. The van der Waals surface area contributed by atoms with Crippen LogP contribution in [0.1, 0.15) is 22.2 Å². The van der Waals surface area contributed by atoms with Crippen molar-refractivity contribution in [3.05, 3.63) is 76.5 Å². The minimum atomic E-state index is -0.158. The van der Waals surface area contributed by atoms with Crippen LogP contribution in [0.5, 0.6) is 11.5 Å². The molecule has 0 N–H and O–H groups in total. The van der Waals surface area contributed by atoms with Crippen molar-refractivity contribution in [3.8, 4) is 11.5 Å². The molecule has 0 radical (unpaired) electrons. The van der Waals surface area contributed by atoms with Crippen LogP contribution in [0, 0.1) is 0 Å². The van der Waals surface area contributed by atoms with Crippen LogP contribution in [0.2, 0.25) is 0 Å². The van der Waals surface area contributed by atoms with E-state index in [0.29, 0.717) is 17.9 Å². The molecule has 3 aromatic rings. The maximum Gasteiger partial charge on any atom is 0.265 e. The van der Waals surface area contributed by atoms with Gasteiger partial charge in [-0.2, -0.15) is 0 Å². The van der Waals surface area contributed by atoms with Gasteiger partial charge in [-0.15, -0.1) is 11.3 Å². The Hall–Kier alpha value is -3.12. The zero-order chi connectivity index (χ0) is 19.9. The average molecular weight is 395 g/mol. The molecule has 144 valence electrons. The largest absolute Gasteiger partial charge is 0.497 e. The van der Waals surface area contributed by atoms with Crippen LogP contribution in [0.25, 0.3) is 0 Å². The Kier molecular flexibility index (Phi) is 6.45. The number of carbonyl (C=O) groups is 2. The second-order valence-corrected chi connectivity index (χ2v) is 7.16. The van der Waals surface area contributed by atoms with Crippen molar-refractivity contribution < 1.29 is 19.1 Å². The number of methoxy groups -OCH3 is 1. The van der Waals surface area contributed by atoms with Gasteiger partial charge in [-0.1, -0.05) is 6.07 Å². The first-order valence-corrected chi connectivity index (χ1v) is 9.65. The smallest absolute Gasteiger partial charge is 0.265 e. The van der Waals surface area contributed by atoms with Crippen molar-refractivity contribution in [1.82, 2.24) is 0 Å². The van der Waals surface area contributed by atoms with Gasteiger partial charge in [0.2, 0.25) is 0 Å². The highest BCUT2D eigenvalue weighted by Crippen LogP contribution is 2.23. The number of nitrogens with zero attached hydrogens (tertiary/aromatic N) is 1. The number of Topliss-reactive ketones (excluding diaryl/α,β-unsaturated/α-hetero) is 1. The predicted molar refractivity (Wildman–Crippen MR) is 110 cm³/mol. The number of amides is 1. The topological polar surface area (TPSA) is 55.8 Å². The van der Waals surface area contributed by atoms with Crippen LogP contribution >= 0.6 is 11.3 Å². The minimum absolute atomic E-state index is 0.00995. The molecule has 0 bridgehead atoms. The van der Waals surface area contributed by atoms with Crippen LogP contribution in [0.3, 0.4) is 0 Å². The fraction of sp³-hybridized carbons (Fsp3) is 0.182. The number of hydrogen-bond donors (Lipinski definition) is 0. The molecule has 0 unspecified atom stereocenters. The SMILES string of the molecule is COc1ccc(N(Cc2cccs2)C(=O)COc2ccc(C(C)=O)cc2)cc1. The summed E-state index contributed by atoms with van der Waals surface area (Å²) in [5.74, 6) is 1.11. The van der Waals surface area contributed by atoms with Gasteiger partial charge in [-0.25, -0.2) is 0 Å². The van der Waals surface area contributed by atoms with E-state index in [2.05, 4.69) is 0 Å². The highest BCUT2D eigenvalue weighted by molar-refractivity contribution is 7.09. The number of ketones is 1. The molecule has 0 aliphatic rings. The minimum Gasteiger partial charge on any atom is -0.497 e. The number of benzene rings is 2. The van der Waals surface area contributed by atoms with E-state index in [1.54, 1.807) is 47.6 Å². The third-order valence-electron chi connectivity index (χ3n) is 4.20. The molecule has 2 aromatic carbocycles. The molecule has 0 saturated carbocycles. The Balaban J connectivity index is 1.72. The van der Waals surface area contributed by atoms with Crippen LogP contribution in [-0.2, 0) is 11.3 Å². The Morgan fingerprint density at radius 1 is 0.964 bits per heavy atom. The summed E-state index contributed by atoms with van der Waals surface area (Å²) in [6, 6.07) is 18.1. The van der Waals surface area contributed by atoms with Crippen LogP contribution in [0.15, 0.2) is 66.0 Å². The summed E-state index contributed by atoms with van der Waals surface area (Å²) in [4.78, 5) is 27.0. The number of anilines is 1. The second-order valence-electron chi connectivity index (χ2n) is 6.13. The standard InChI is InChI=1S/C22H21NO4S/c1-16(24)17-5-9-20(10-6-17)27-15-22(25)23(14-21-4-3-13-28-21)18-7-11-19(26-2)12-8-18/h3-13H,14-15H2,1-2H3. The summed E-state index contributed by atoms with van der Waals surface area (Å²) in [5, 5.41) is 1.99. The van der Waals surface area contributed by atoms with E-state index in [0.717, 1.165) is 16.3 Å². The molecule has 0 atom stereocenters. The van der Waals surface area contributed by atoms with E-state index in [9.17, 15) is 9.59 Å². The lowest BCUT2D eigenvalue weighted by molar-refractivity contribution is -0.120. The van der Waals surface area contributed by atoms with E-state index >= 15 is 0 Å². The Bertz CT molecular complexity index is 918. The van der Waals surface area contributed by atoms with Gasteiger partial charge in [-0.05, 0) is 66.9 Å². The molecule has 6 heteroatoms. The normalized spacial score (nSPS) is 10.4. The maximum absolute atomic E-state index is 12.9. The summed E-state index contributed by atoms with van der Waals surface area (Å²) >= 11 is 1.60. The summed E-state index contributed by atoms with van der Waals surface area (Å²) in [7, 11) is 1.61. The van der Waals surface area contributed by atoms with Gasteiger partial charge in [-0.3, -0.25) is 9.59 Å². The first kappa shape index (κ1) is 19.6. The number of carbonyl (C=O) groups excluding carboxylic acids is 2. The fourth-order valence-electron chi connectivity index (χ4n) is 2.65. The fourth-order valence-corrected chi connectivity index (χ4v) is 3.35. The number of rotatable bonds is 8. The summed E-state index contributed by atoms with van der Waals surface area (Å²) in [6.07, 6.45) is 0. The molecule has 1 aromatic heterocycles. The van der Waals surface area contributed by atoms with Crippen molar-refractivity contribution in [2.45, 2.75) is 13.5 Å². The van der Waals surface area contributed by atoms with Gasteiger partial charge < -0.3 is 14.4 Å². The van der Waals surface area contributed by atoms with Gasteiger partial charge in [0.1, 0.15) is 11.5 Å². The molecule has 0 aliphatic carbocycles. The lowest BCUT2D eigenvalue weighted by Crippen LogP contribution is -2.34. The lowest BCUT2D eigenvalue weighted by Gasteiger charge is -2.22. The number of hydrogen-bond acceptors (Lipinski definition) is 5. The average Bonchev–Trinajstić information content (AvgIpc) is 3.24. The third kappa shape index (κ3) is 4.98. The zero-order valence-electron chi connectivity index (χ0n) is 15.8. The molecule has 28 heavy (non-hydrogen) atoms. The third-order valence-corrected chi connectivity index (χ3v) is 5.06. The maximum atomic E-state index is 12.9. The van der Waals surface area contributed by atoms with Crippen molar-refractivity contribution in [2.75, 3.05) is 18.6 Å². The first-order chi connectivity index (χ1) is 13.6. The summed E-state index contributed by atoms with van der Waals surface area (Å²) in [5.41, 5.74) is 1.38. The second kappa shape index (κ2) is 9.19. The Morgan fingerprint density at radius 3 is 2.21 bits per heavy atom. The van der Waals surface area contributed by atoms with Gasteiger partial charge >= 0.3 is 0 Å². The van der Waals surface area contributed by atoms with Crippen LogP contribution < -0.4 is 14.4 Å². The van der Waals surface area contributed by atoms with Crippen molar-refractivity contribution in [3.63, 3.8) is 0 Å². The molecule has 5 nitrogen and oxygen atoms in total. The highest BCUT2D eigenvalue weighted by Gasteiger charge is 2.18. The quantitative estimate of drug-likeness (QED) is 0.524. The Morgan fingerprint density at radius 2 is 1.64 bits per heavy atom. The molecule has 0 aliphatic heterocycles. The molecule has 1 heterocycles. The van der Waals surface area contributed by atoms with E-state index in [-0.39, 0.29) is 18.3 Å². The molecule has 0 spiro atoms. The number of thiophene rings is 1. The Labute approximate surface area is 168 Å². The van der Waals surface area contributed by atoms with Gasteiger partial charge in [0, 0.05) is 16.1 Å². The zero-order valence-corrected chi connectivity index (χ0v) is 16.6. The van der Waals surface area contributed by atoms with Gasteiger partial charge in [0.25, 0.3) is 5.91 Å². The number of ether oxygens (including phenoxy) is 2. The van der Waals surface area contributed by atoms with Gasteiger partial charge in [0.05, 0.1) is 13.7 Å². The van der Waals surface area contributed by atoms with E-state index in [1.807, 2.05) is 41.8 Å². The molecule has 3 rings (SSSR count). The molecule has 0 saturated heterocycles. The molecular weight excluding hydrogens is 374 g/mol. The van der Waals surface area contributed by atoms with E-state index < -0.39 is 0 Å². The van der Waals surface area contributed by atoms with Crippen LogP contribution in [0.4, 0.5) is 5.69 Å². The molecule has 1 amide bonds. The monoisotopic (exact) mass is 395 g/mol. The van der Waals surface area contributed by atoms with Crippen molar-refractivity contribution in [2.24, 2.45) is 0 Å². The van der Waals surface area contributed by atoms with Crippen molar-refractivity contribution in [1.29, 1.82) is 0 Å². The molecule has 0 fully saturated rings. The summed E-state index contributed by atoms with van der Waals surface area (Å²) < 4.78 is 10.8. The van der Waals surface area contributed by atoms with Crippen molar-refractivity contribution >= 4 is 28.7 Å². The van der Waals surface area contributed by atoms with E-state index in [4.69, 9.17) is 9.47 Å². The lowest BCUT2D eigenvalue weighted by atomic mass is 10.1. The molecular formula is C22H21NO4S. The van der Waals surface area contributed by atoms with E-state index in [1.165, 1.54) is 6.92 Å². The van der Waals surface area contributed by atoms with Gasteiger partial charge in [0.15, 0.2) is 12.4 Å². The first-order valence-electron chi connectivity index (χ1n) is 8.77. The van der Waals surface area contributed by atoms with Crippen LogP contribution in [-0.4, -0.2) is 25.4 Å².